The van der Waals surface area contributed by atoms with Gasteiger partial charge in [-0.1, -0.05) is 38.1 Å². The maximum Gasteiger partial charge on any atom is 0.417 e. The number of carbonyl (C=O) groups is 4. The molecule has 1 spiro atoms. The van der Waals surface area contributed by atoms with Gasteiger partial charge in [0, 0.05) is 56.0 Å². The topological polar surface area (TPSA) is 139 Å². The maximum absolute atomic E-state index is 14.0. The van der Waals surface area contributed by atoms with Crippen LogP contribution in [-0.2, 0) is 38.2 Å². The molecule has 1 aromatic heterocycles. The number of imide groups is 1. The highest BCUT2D eigenvalue weighted by Crippen LogP contribution is 2.49. The van der Waals surface area contributed by atoms with Gasteiger partial charge in [0.15, 0.2) is 10.9 Å². The Labute approximate surface area is 359 Å². The van der Waals surface area contributed by atoms with Gasteiger partial charge in [-0.3, -0.25) is 39.2 Å². The molecule has 16 heteroatoms. The summed E-state index contributed by atoms with van der Waals surface area (Å²) in [5.41, 5.74) is 0.459. The summed E-state index contributed by atoms with van der Waals surface area (Å²) in [4.78, 5) is 63.3. The van der Waals surface area contributed by atoms with Gasteiger partial charge >= 0.3 is 6.18 Å². The van der Waals surface area contributed by atoms with Gasteiger partial charge in [-0.25, -0.2) is 4.98 Å². The Morgan fingerprint density at radius 3 is 2.41 bits per heavy atom. The zero-order chi connectivity index (χ0) is 43.8. The van der Waals surface area contributed by atoms with Crippen molar-refractivity contribution in [1.29, 1.82) is 5.26 Å². The smallest absolute Gasteiger partial charge is 0.417 e. The standard InChI is InChI=1S/C45H50F3N7O5S/c1-27(2)37-20-35(55-43(61)54(42(59)44(55)13-6-14-44)34-11-9-33(22-49)38(21-34)45(46,47)48)23-50-41(37)60-16-15-52-24-28(3)53(29(4)25-52)26-36(56)19-31-8-5-7-30(17-31)18-32-10-12-39(57)51-40(32)58/h5,7-9,11,17,20-21,23,27-29,32H,6,10,12-16,18-19,24-26H2,1-4H3,(H,51,57,58)/t28-,29+,32?. The third-order valence-corrected chi connectivity index (χ3v) is 12.8. The number of nitriles is 1. The fourth-order valence-electron chi connectivity index (χ4n) is 9.13. The number of hydrogen-bond donors (Lipinski definition) is 1. The largest absolute Gasteiger partial charge is 0.476 e. The molecule has 3 amide bonds. The summed E-state index contributed by atoms with van der Waals surface area (Å²) >= 11 is 5.83. The predicted octanol–water partition coefficient (Wildman–Crippen LogP) is 6.34. The lowest BCUT2D eigenvalue weighted by atomic mass is 9.75. The Hall–Kier alpha value is -5.24. The van der Waals surface area contributed by atoms with E-state index in [1.807, 2.05) is 44.2 Å². The molecule has 1 saturated carbocycles. The molecule has 2 aromatic carbocycles. The summed E-state index contributed by atoms with van der Waals surface area (Å²) in [6, 6.07) is 14.7. The Morgan fingerprint density at radius 1 is 1.05 bits per heavy atom. The molecule has 4 heterocycles. The highest BCUT2D eigenvalue weighted by molar-refractivity contribution is 7.81. The second-order valence-corrected chi connectivity index (χ2v) is 17.5. The minimum Gasteiger partial charge on any atom is -0.476 e. The summed E-state index contributed by atoms with van der Waals surface area (Å²) in [7, 11) is 0. The lowest BCUT2D eigenvalue weighted by molar-refractivity contribution is -0.138. The van der Waals surface area contributed by atoms with E-state index in [0.717, 1.165) is 53.2 Å². The van der Waals surface area contributed by atoms with E-state index in [0.29, 0.717) is 69.8 Å². The van der Waals surface area contributed by atoms with Crippen molar-refractivity contribution in [1.82, 2.24) is 20.1 Å². The molecule has 3 saturated heterocycles. The van der Waals surface area contributed by atoms with E-state index in [4.69, 9.17) is 21.9 Å². The minimum absolute atomic E-state index is 0.0235. The van der Waals surface area contributed by atoms with Crippen molar-refractivity contribution < 1.29 is 37.1 Å². The van der Waals surface area contributed by atoms with Gasteiger partial charge in [0.25, 0.3) is 5.91 Å². The number of piperazine rings is 1. The number of aromatic nitrogens is 1. The lowest BCUT2D eigenvalue weighted by Crippen LogP contribution is -2.58. The molecule has 3 atom stereocenters. The molecule has 4 fully saturated rings. The molecule has 0 radical (unpaired) electrons. The number of thiocarbonyl (C=S) groups is 1. The second-order valence-electron chi connectivity index (χ2n) is 17.1. The number of hydrogen-bond acceptors (Lipinski definition) is 10. The zero-order valence-electron chi connectivity index (χ0n) is 34.8. The van der Waals surface area contributed by atoms with Gasteiger partial charge in [0.05, 0.1) is 41.3 Å². The Kier molecular flexibility index (Phi) is 12.7. The number of carbonyl (C=O) groups excluding carboxylic acids is 4. The summed E-state index contributed by atoms with van der Waals surface area (Å²) in [5.74, 6) is -0.598. The van der Waals surface area contributed by atoms with Gasteiger partial charge in [-0.15, -0.1) is 0 Å². The van der Waals surface area contributed by atoms with E-state index in [2.05, 4.69) is 29.0 Å². The quantitative estimate of drug-likeness (QED) is 0.152. The second kappa shape index (κ2) is 17.6. The first-order valence-corrected chi connectivity index (χ1v) is 21.2. The van der Waals surface area contributed by atoms with Crippen LogP contribution < -0.4 is 19.9 Å². The van der Waals surface area contributed by atoms with Crippen LogP contribution in [0.5, 0.6) is 5.88 Å². The van der Waals surface area contributed by atoms with Crippen molar-refractivity contribution in [2.75, 3.05) is 42.6 Å². The first-order chi connectivity index (χ1) is 29.0. The molecule has 12 nitrogen and oxygen atoms in total. The Balaban J connectivity index is 0.957. The van der Waals surface area contributed by atoms with E-state index in [1.165, 1.54) is 6.07 Å². The number of rotatable bonds is 13. The summed E-state index contributed by atoms with van der Waals surface area (Å²) in [5, 5.41) is 11.8. The van der Waals surface area contributed by atoms with Crippen LogP contribution in [0.25, 0.3) is 0 Å². The van der Waals surface area contributed by atoms with Crippen molar-refractivity contribution in [2.45, 2.75) is 102 Å². The molecule has 322 valence electrons. The normalized spacial score (nSPS) is 22.1. The van der Waals surface area contributed by atoms with Gasteiger partial charge < -0.3 is 9.64 Å². The predicted molar refractivity (Wildman–Crippen MR) is 226 cm³/mol. The number of pyridine rings is 1. The number of ether oxygens (including phenoxy) is 1. The fraction of sp³-hybridized carbons (Fsp3) is 0.489. The summed E-state index contributed by atoms with van der Waals surface area (Å²) < 4.78 is 48.0. The van der Waals surface area contributed by atoms with Crippen LogP contribution in [0.2, 0.25) is 0 Å². The first kappa shape index (κ1) is 43.8. The number of halogens is 3. The number of anilines is 2. The van der Waals surface area contributed by atoms with Gasteiger partial charge in [0.1, 0.15) is 12.1 Å². The van der Waals surface area contributed by atoms with Crippen LogP contribution in [0, 0.1) is 17.2 Å². The van der Waals surface area contributed by atoms with Crippen molar-refractivity contribution >= 4 is 52.2 Å². The molecule has 3 aliphatic heterocycles. The molecule has 1 aliphatic carbocycles. The van der Waals surface area contributed by atoms with E-state index < -0.39 is 28.7 Å². The lowest BCUT2D eigenvalue weighted by Gasteiger charge is -2.44. The number of ketones is 1. The average molecular weight is 858 g/mol. The summed E-state index contributed by atoms with van der Waals surface area (Å²) in [6.07, 6.45) is 0.172. The van der Waals surface area contributed by atoms with Crippen LogP contribution in [0.15, 0.2) is 54.7 Å². The molecule has 3 aromatic rings. The van der Waals surface area contributed by atoms with Crippen LogP contribution >= 0.6 is 12.2 Å². The van der Waals surface area contributed by atoms with Gasteiger partial charge in [0.2, 0.25) is 17.7 Å². The molecule has 1 N–H and O–H groups in total. The molecule has 61 heavy (non-hydrogen) atoms. The zero-order valence-corrected chi connectivity index (χ0v) is 35.6. The highest BCUT2D eigenvalue weighted by Gasteiger charge is 2.60. The van der Waals surface area contributed by atoms with Crippen molar-refractivity contribution in [2.24, 2.45) is 5.92 Å². The number of benzene rings is 2. The molecule has 7 rings (SSSR count). The summed E-state index contributed by atoms with van der Waals surface area (Å²) in [6.45, 7) is 11.1. The van der Waals surface area contributed by atoms with Gasteiger partial charge in [-0.2, -0.15) is 18.4 Å². The van der Waals surface area contributed by atoms with Crippen LogP contribution in [-0.4, -0.2) is 93.8 Å². The SMILES string of the molecule is CC(C)c1cc(N2C(=S)N(c3ccc(C#N)c(C(F)(F)F)c3)C(=O)C23CCC3)cnc1OCCN1C[C@@H](C)N(CC(=O)Cc2cccc(CC3CCC(=O)NC3=O)c2)[C@@H](C)C1. The molecular formula is C45H50F3N7O5S. The average Bonchev–Trinajstić information content (AvgIpc) is 3.43. The van der Waals surface area contributed by atoms with Crippen LogP contribution in [0.4, 0.5) is 24.5 Å². The van der Waals surface area contributed by atoms with E-state index >= 15 is 0 Å². The number of amides is 3. The molecular weight excluding hydrogens is 808 g/mol. The third kappa shape index (κ3) is 9.05. The number of piperidine rings is 1. The van der Waals surface area contributed by atoms with Gasteiger partial charge in [-0.05, 0) is 99.5 Å². The molecule has 0 bridgehead atoms. The van der Waals surface area contributed by atoms with Crippen molar-refractivity contribution in [3.63, 3.8) is 0 Å². The fourth-order valence-corrected chi connectivity index (χ4v) is 9.60. The number of nitrogens with zero attached hydrogens (tertiary/aromatic N) is 6. The Morgan fingerprint density at radius 2 is 1.77 bits per heavy atom. The van der Waals surface area contributed by atoms with E-state index in [9.17, 15) is 37.6 Å². The van der Waals surface area contributed by atoms with Crippen LogP contribution in [0.1, 0.15) is 93.5 Å². The maximum atomic E-state index is 14.0. The molecule has 4 aliphatic rings. The monoisotopic (exact) mass is 857 g/mol. The van der Waals surface area contributed by atoms with E-state index in [1.54, 1.807) is 17.2 Å². The highest BCUT2D eigenvalue weighted by atomic mass is 32.1. The number of nitrogens with one attached hydrogen (secondary N) is 1. The van der Waals surface area contributed by atoms with Crippen LogP contribution in [0.3, 0.4) is 0 Å². The number of alkyl halides is 3. The van der Waals surface area contributed by atoms with Crippen molar-refractivity contribution in [3.05, 3.63) is 82.5 Å². The first-order valence-electron chi connectivity index (χ1n) is 20.8. The van der Waals surface area contributed by atoms with E-state index in [-0.39, 0.29) is 52.3 Å². The van der Waals surface area contributed by atoms with Crippen molar-refractivity contribution in [3.8, 4) is 11.9 Å². The number of Topliss-reactive ketones (excluding diaryl/α,β-unsaturated/α-hetero) is 1. The Bertz CT molecular complexity index is 2260. The third-order valence-electron chi connectivity index (χ3n) is 12.4. The minimum atomic E-state index is -4.80. The molecule has 1 unspecified atom stereocenters.